The van der Waals surface area contributed by atoms with E-state index in [0.717, 1.165) is 25.7 Å². The summed E-state index contributed by atoms with van der Waals surface area (Å²) >= 11 is 0. The number of aliphatic carboxylic acids is 1. The highest BCUT2D eigenvalue weighted by Crippen LogP contribution is 2.45. The molecule has 1 fully saturated rings. The highest BCUT2D eigenvalue weighted by atomic mass is 16.4. The van der Waals surface area contributed by atoms with Crippen molar-refractivity contribution in [2.24, 2.45) is 17.3 Å². The maximum absolute atomic E-state index is 12.6. The van der Waals surface area contributed by atoms with Gasteiger partial charge in [-0.05, 0) is 31.6 Å². The van der Waals surface area contributed by atoms with Crippen molar-refractivity contribution >= 4 is 17.7 Å². The minimum atomic E-state index is -1.43. The first-order valence-corrected chi connectivity index (χ1v) is 7.25. The van der Waals surface area contributed by atoms with Crippen LogP contribution in [0.4, 0.5) is 0 Å². The van der Waals surface area contributed by atoms with Gasteiger partial charge in [-0.15, -0.1) is 0 Å². The fourth-order valence-electron chi connectivity index (χ4n) is 3.20. The van der Waals surface area contributed by atoms with Crippen molar-refractivity contribution in [3.8, 4) is 0 Å². The molecule has 114 valence electrons. The Morgan fingerprint density at radius 2 is 1.90 bits per heavy atom. The summed E-state index contributed by atoms with van der Waals surface area (Å²) in [6.45, 7) is 7.27. The molecule has 0 aliphatic heterocycles. The molecule has 0 heterocycles. The molecule has 0 saturated heterocycles. The fraction of sp³-hybridized carbons (Fsp3) is 0.800. The third-order valence-corrected chi connectivity index (χ3v) is 4.52. The predicted molar refractivity (Wildman–Crippen MR) is 75.2 cm³/mol. The first-order valence-electron chi connectivity index (χ1n) is 7.25. The first kappa shape index (κ1) is 16.7. The molecule has 0 aromatic heterocycles. The number of rotatable bonds is 5. The number of ketones is 1. The van der Waals surface area contributed by atoms with Crippen LogP contribution in [0.25, 0.3) is 0 Å². The Balaban J connectivity index is 2.95. The van der Waals surface area contributed by atoms with Crippen LogP contribution in [-0.4, -0.2) is 28.8 Å². The van der Waals surface area contributed by atoms with Gasteiger partial charge in [0, 0.05) is 0 Å². The Bertz CT molecular complexity index is 391. The van der Waals surface area contributed by atoms with E-state index in [0.29, 0.717) is 5.92 Å². The van der Waals surface area contributed by atoms with E-state index in [1.165, 1.54) is 6.92 Å². The molecule has 0 radical (unpaired) electrons. The molecule has 1 aliphatic carbocycles. The monoisotopic (exact) mass is 283 g/mol. The smallest absolute Gasteiger partial charge is 0.334 e. The highest BCUT2D eigenvalue weighted by molar-refractivity contribution is 6.04. The maximum Gasteiger partial charge on any atom is 0.334 e. The molecule has 3 unspecified atom stereocenters. The molecule has 1 aliphatic rings. The van der Waals surface area contributed by atoms with Crippen LogP contribution in [0.3, 0.4) is 0 Å². The molecule has 2 N–H and O–H groups in total. The van der Waals surface area contributed by atoms with Gasteiger partial charge in [0.05, 0.1) is 5.41 Å². The van der Waals surface area contributed by atoms with Crippen LogP contribution in [0.5, 0.6) is 0 Å². The molecule has 3 atom stereocenters. The predicted octanol–water partition coefficient (Wildman–Crippen LogP) is 2.00. The van der Waals surface area contributed by atoms with Gasteiger partial charge in [-0.1, -0.05) is 33.6 Å². The second kappa shape index (κ2) is 6.37. The zero-order valence-electron chi connectivity index (χ0n) is 12.7. The van der Waals surface area contributed by atoms with Crippen molar-refractivity contribution in [2.75, 3.05) is 0 Å². The van der Waals surface area contributed by atoms with Crippen molar-refractivity contribution in [1.29, 1.82) is 0 Å². The van der Waals surface area contributed by atoms with Crippen LogP contribution >= 0.6 is 0 Å². The van der Waals surface area contributed by atoms with E-state index in [-0.39, 0.29) is 11.8 Å². The summed E-state index contributed by atoms with van der Waals surface area (Å²) in [6, 6.07) is -1.43. The van der Waals surface area contributed by atoms with Gasteiger partial charge in [0.1, 0.15) is 0 Å². The average molecular weight is 283 g/mol. The summed E-state index contributed by atoms with van der Waals surface area (Å²) in [7, 11) is 0. The Labute approximate surface area is 120 Å². The van der Waals surface area contributed by atoms with E-state index in [2.05, 4.69) is 12.2 Å². The Morgan fingerprint density at radius 1 is 1.30 bits per heavy atom. The van der Waals surface area contributed by atoms with Crippen molar-refractivity contribution < 1.29 is 19.5 Å². The number of Topliss-reactive ketones (excluding diaryl/α,β-unsaturated/α-hetero) is 1. The normalized spacial score (nSPS) is 27.9. The number of carbonyl (C=O) groups is 3. The lowest BCUT2D eigenvalue weighted by Gasteiger charge is -2.42. The molecular formula is C15H25NO4. The number of nitrogens with one attached hydrogen (secondary N) is 1. The van der Waals surface area contributed by atoms with Crippen LogP contribution in [0.1, 0.15) is 53.4 Å². The quantitative estimate of drug-likeness (QED) is 0.756. The van der Waals surface area contributed by atoms with Gasteiger partial charge in [-0.3, -0.25) is 9.59 Å². The molecular weight excluding hydrogens is 258 g/mol. The number of hydrogen-bond acceptors (Lipinski definition) is 3. The van der Waals surface area contributed by atoms with Gasteiger partial charge in [0.2, 0.25) is 5.91 Å². The van der Waals surface area contributed by atoms with Gasteiger partial charge < -0.3 is 10.4 Å². The third-order valence-electron chi connectivity index (χ3n) is 4.52. The third kappa shape index (κ3) is 3.38. The zero-order chi connectivity index (χ0) is 15.5. The largest absolute Gasteiger partial charge is 0.479 e. The molecule has 0 aromatic rings. The summed E-state index contributed by atoms with van der Waals surface area (Å²) in [5, 5.41) is 11.5. The minimum Gasteiger partial charge on any atom is -0.479 e. The summed E-state index contributed by atoms with van der Waals surface area (Å²) in [6.07, 6.45) is 3.56. The van der Waals surface area contributed by atoms with Crippen LogP contribution in [0.15, 0.2) is 0 Å². The van der Waals surface area contributed by atoms with Crippen LogP contribution in [0.2, 0.25) is 0 Å². The fourth-order valence-corrected chi connectivity index (χ4v) is 3.20. The van der Waals surface area contributed by atoms with E-state index in [9.17, 15) is 14.4 Å². The Kier molecular flexibility index (Phi) is 5.31. The summed E-state index contributed by atoms with van der Waals surface area (Å²) in [5.74, 6) is -1.58. The lowest BCUT2D eigenvalue weighted by atomic mass is 9.63. The standard InChI is InChI=1S/C15H25NO4/c1-9(2)15(7-5-6-10(3)8-15)14(20)16-12(11(4)17)13(18)19/h9-10,12H,5-8H2,1-4H3,(H,16,20)(H,18,19). The van der Waals surface area contributed by atoms with Crippen LogP contribution < -0.4 is 5.32 Å². The molecule has 1 amide bonds. The second-order valence-electron chi connectivity index (χ2n) is 6.37. The van der Waals surface area contributed by atoms with E-state index in [4.69, 9.17) is 5.11 Å². The highest BCUT2D eigenvalue weighted by Gasteiger charge is 2.45. The molecule has 0 aromatic carbocycles. The molecule has 5 nitrogen and oxygen atoms in total. The van der Waals surface area contributed by atoms with Gasteiger partial charge >= 0.3 is 5.97 Å². The Morgan fingerprint density at radius 3 is 2.30 bits per heavy atom. The number of carboxylic acid groups (broad SMARTS) is 1. The number of hydrogen-bond donors (Lipinski definition) is 2. The minimum absolute atomic E-state index is 0.117. The lowest BCUT2D eigenvalue weighted by Crippen LogP contribution is -2.54. The summed E-state index contributed by atoms with van der Waals surface area (Å²) in [5.41, 5.74) is -0.555. The SMILES string of the molecule is CC(=O)C(NC(=O)C1(C(C)C)CCCC(C)C1)C(=O)O. The Hall–Kier alpha value is -1.39. The van der Waals surface area contributed by atoms with Crippen LogP contribution in [0, 0.1) is 17.3 Å². The van der Waals surface area contributed by atoms with Crippen molar-refractivity contribution in [3.05, 3.63) is 0 Å². The number of carbonyl (C=O) groups excluding carboxylic acids is 2. The van der Waals surface area contributed by atoms with E-state index in [1.807, 2.05) is 13.8 Å². The number of amides is 1. The molecule has 20 heavy (non-hydrogen) atoms. The van der Waals surface area contributed by atoms with E-state index >= 15 is 0 Å². The summed E-state index contributed by atoms with van der Waals surface area (Å²) in [4.78, 5) is 35.0. The van der Waals surface area contributed by atoms with Crippen LogP contribution in [-0.2, 0) is 14.4 Å². The van der Waals surface area contributed by atoms with Crippen molar-refractivity contribution in [1.82, 2.24) is 5.32 Å². The van der Waals surface area contributed by atoms with Gasteiger partial charge in [0.25, 0.3) is 0 Å². The molecule has 0 spiro atoms. The van der Waals surface area contributed by atoms with Gasteiger partial charge in [-0.2, -0.15) is 0 Å². The molecule has 1 saturated carbocycles. The lowest BCUT2D eigenvalue weighted by molar-refractivity contribution is -0.149. The van der Waals surface area contributed by atoms with E-state index < -0.39 is 23.2 Å². The molecule has 0 bridgehead atoms. The van der Waals surface area contributed by atoms with Gasteiger partial charge in [0.15, 0.2) is 11.8 Å². The zero-order valence-corrected chi connectivity index (χ0v) is 12.7. The van der Waals surface area contributed by atoms with Gasteiger partial charge in [-0.25, -0.2) is 4.79 Å². The molecule has 1 rings (SSSR count). The van der Waals surface area contributed by atoms with Crippen molar-refractivity contribution in [2.45, 2.75) is 59.4 Å². The first-order chi connectivity index (χ1) is 9.20. The van der Waals surface area contributed by atoms with E-state index in [1.54, 1.807) is 0 Å². The topological polar surface area (TPSA) is 83.5 Å². The maximum atomic E-state index is 12.6. The average Bonchev–Trinajstić information content (AvgIpc) is 2.34. The number of carboxylic acids is 1. The second-order valence-corrected chi connectivity index (χ2v) is 6.37. The van der Waals surface area contributed by atoms with Crippen molar-refractivity contribution in [3.63, 3.8) is 0 Å². The summed E-state index contributed by atoms with van der Waals surface area (Å²) < 4.78 is 0. The molecule has 5 heteroatoms.